The van der Waals surface area contributed by atoms with Gasteiger partial charge in [-0.25, -0.2) is 4.98 Å². The van der Waals surface area contributed by atoms with Crippen molar-refractivity contribution < 1.29 is 9.47 Å². The fourth-order valence-corrected chi connectivity index (χ4v) is 4.04. The van der Waals surface area contributed by atoms with Crippen molar-refractivity contribution in [3.8, 4) is 17.4 Å². The third-order valence-electron chi connectivity index (χ3n) is 5.94. The molecule has 34 heavy (non-hydrogen) atoms. The van der Waals surface area contributed by atoms with Gasteiger partial charge < -0.3 is 30.3 Å². The van der Waals surface area contributed by atoms with Gasteiger partial charge in [-0.15, -0.1) is 0 Å². The fourth-order valence-electron chi connectivity index (χ4n) is 4.04. The maximum absolute atomic E-state index is 6.10. The Kier molecular flexibility index (Phi) is 6.05. The number of para-hydroxylation sites is 1. The number of hydrogen-bond acceptors (Lipinski definition) is 8. The number of nitrogens with zero attached hydrogens (tertiary/aromatic N) is 4. The Morgan fingerprint density at radius 3 is 2.53 bits per heavy atom. The number of nitrogens with two attached hydrogens (primary N) is 1. The lowest BCUT2D eigenvalue weighted by molar-refractivity contribution is 0.312. The van der Waals surface area contributed by atoms with E-state index in [1.54, 1.807) is 13.2 Å². The summed E-state index contributed by atoms with van der Waals surface area (Å²) in [6, 6.07) is 21.2. The first-order valence-electron chi connectivity index (χ1n) is 11.3. The molecule has 1 aliphatic heterocycles. The Hall–Kier alpha value is -4.04. The van der Waals surface area contributed by atoms with Gasteiger partial charge in [-0.1, -0.05) is 18.2 Å². The van der Waals surface area contributed by atoms with E-state index in [1.807, 2.05) is 48.5 Å². The maximum Gasteiger partial charge on any atom is 0.231 e. The van der Waals surface area contributed by atoms with Gasteiger partial charge >= 0.3 is 0 Å². The number of piperazine rings is 1. The first kappa shape index (κ1) is 21.8. The summed E-state index contributed by atoms with van der Waals surface area (Å²) in [7, 11) is 3.82. The van der Waals surface area contributed by atoms with E-state index in [0.717, 1.165) is 54.2 Å². The van der Waals surface area contributed by atoms with Gasteiger partial charge in [0, 0.05) is 49.7 Å². The summed E-state index contributed by atoms with van der Waals surface area (Å²) in [5.74, 6) is 2.21. The fraction of sp³-hybridized carbons (Fsp3) is 0.231. The molecule has 174 valence electrons. The SMILES string of the molecule is COc1cc(N2CCN(C)CC2)ccc1Nc1nc(Oc2cccc(N)c2)c2ccccc2n1. The third-order valence-corrected chi connectivity index (χ3v) is 5.94. The number of hydrogen-bond donors (Lipinski definition) is 2. The predicted octanol–water partition coefficient (Wildman–Crippen LogP) is 4.51. The molecule has 0 amide bonds. The molecule has 8 nitrogen and oxygen atoms in total. The van der Waals surface area contributed by atoms with Crippen molar-refractivity contribution in [3.63, 3.8) is 0 Å². The minimum atomic E-state index is 0.420. The summed E-state index contributed by atoms with van der Waals surface area (Å²) in [5, 5.41) is 4.12. The number of nitrogen functional groups attached to an aromatic ring is 1. The molecule has 0 unspecified atom stereocenters. The molecule has 0 bridgehead atoms. The van der Waals surface area contributed by atoms with Crippen molar-refractivity contribution in [1.82, 2.24) is 14.9 Å². The number of rotatable bonds is 6. The molecule has 0 saturated carbocycles. The summed E-state index contributed by atoms with van der Waals surface area (Å²) in [6.07, 6.45) is 0. The van der Waals surface area contributed by atoms with Gasteiger partial charge in [0.05, 0.1) is 23.7 Å². The van der Waals surface area contributed by atoms with Crippen LogP contribution in [0.1, 0.15) is 0 Å². The van der Waals surface area contributed by atoms with Crippen LogP contribution in [0.5, 0.6) is 17.4 Å². The van der Waals surface area contributed by atoms with Crippen LogP contribution in [-0.2, 0) is 0 Å². The molecule has 1 saturated heterocycles. The van der Waals surface area contributed by atoms with Gasteiger partial charge in [0.1, 0.15) is 11.5 Å². The van der Waals surface area contributed by atoms with Crippen LogP contribution in [0.2, 0.25) is 0 Å². The van der Waals surface area contributed by atoms with Crippen LogP contribution in [0.4, 0.5) is 23.0 Å². The van der Waals surface area contributed by atoms with E-state index in [0.29, 0.717) is 23.3 Å². The zero-order valence-corrected chi connectivity index (χ0v) is 19.4. The summed E-state index contributed by atoms with van der Waals surface area (Å²) in [5.41, 5.74) is 9.23. The molecule has 5 rings (SSSR count). The lowest BCUT2D eigenvalue weighted by Gasteiger charge is -2.34. The smallest absolute Gasteiger partial charge is 0.231 e. The number of anilines is 4. The second kappa shape index (κ2) is 9.44. The molecule has 0 atom stereocenters. The lowest BCUT2D eigenvalue weighted by Crippen LogP contribution is -2.44. The van der Waals surface area contributed by atoms with Crippen LogP contribution in [0.15, 0.2) is 66.7 Å². The van der Waals surface area contributed by atoms with Crippen LogP contribution in [-0.4, -0.2) is 55.2 Å². The number of ether oxygens (including phenoxy) is 2. The summed E-state index contributed by atoms with van der Waals surface area (Å²) < 4.78 is 11.8. The van der Waals surface area contributed by atoms with E-state index in [-0.39, 0.29) is 0 Å². The summed E-state index contributed by atoms with van der Waals surface area (Å²) in [6.45, 7) is 4.07. The second-order valence-electron chi connectivity index (χ2n) is 8.34. The van der Waals surface area contributed by atoms with Gasteiger partial charge in [0.2, 0.25) is 11.8 Å². The van der Waals surface area contributed by atoms with E-state index in [4.69, 9.17) is 15.2 Å². The Morgan fingerprint density at radius 2 is 1.74 bits per heavy atom. The van der Waals surface area contributed by atoms with E-state index in [1.165, 1.54) is 0 Å². The first-order chi connectivity index (χ1) is 16.6. The average Bonchev–Trinajstić information content (AvgIpc) is 2.85. The standard InChI is InChI=1S/C26H28N6O2/c1-31-12-14-32(15-13-31)19-10-11-23(24(17-19)33-2)29-26-28-22-9-4-3-8-21(22)25(30-26)34-20-7-5-6-18(27)16-20/h3-11,16-17H,12-15,27H2,1-2H3,(H,28,29,30). The number of nitrogens with one attached hydrogen (secondary N) is 1. The topological polar surface area (TPSA) is 88.8 Å². The second-order valence-corrected chi connectivity index (χ2v) is 8.34. The average molecular weight is 457 g/mol. The Bertz CT molecular complexity index is 1300. The van der Waals surface area contributed by atoms with Crippen molar-refractivity contribution in [2.24, 2.45) is 0 Å². The quantitative estimate of drug-likeness (QED) is 0.410. The zero-order valence-electron chi connectivity index (χ0n) is 19.4. The van der Waals surface area contributed by atoms with Crippen molar-refractivity contribution in [2.45, 2.75) is 0 Å². The van der Waals surface area contributed by atoms with Crippen molar-refractivity contribution in [1.29, 1.82) is 0 Å². The minimum Gasteiger partial charge on any atom is -0.494 e. The molecule has 1 fully saturated rings. The monoisotopic (exact) mass is 456 g/mol. The molecule has 1 aromatic heterocycles. The highest BCUT2D eigenvalue weighted by Crippen LogP contribution is 2.34. The van der Waals surface area contributed by atoms with Crippen molar-refractivity contribution in [2.75, 3.05) is 56.3 Å². The van der Waals surface area contributed by atoms with Crippen LogP contribution >= 0.6 is 0 Å². The Morgan fingerprint density at radius 1 is 0.912 bits per heavy atom. The molecule has 1 aliphatic rings. The van der Waals surface area contributed by atoms with Crippen LogP contribution in [0.3, 0.4) is 0 Å². The number of fused-ring (bicyclic) bond motifs is 1. The predicted molar refractivity (Wildman–Crippen MR) is 136 cm³/mol. The molecule has 2 heterocycles. The number of methoxy groups -OCH3 is 1. The molecule has 0 spiro atoms. The van der Waals surface area contributed by atoms with Crippen LogP contribution < -0.4 is 25.4 Å². The van der Waals surface area contributed by atoms with Gasteiger partial charge in [0.25, 0.3) is 0 Å². The van der Waals surface area contributed by atoms with E-state index >= 15 is 0 Å². The Labute approximate surface area is 198 Å². The van der Waals surface area contributed by atoms with Crippen molar-refractivity contribution >= 4 is 33.9 Å². The first-order valence-corrected chi connectivity index (χ1v) is 11.3. The van der Waals surface area contributed by atoms with Crippen LogP contribution in [0, 0.1) is 0 Å². The van der Waals surface area contributed by atoms with Crippen LogP contribution in [0.25, 0.3) is 10.9 Å². The number of likely N-dealkylation sites (N-methyl/N-ethyl adjacent to an activating group) is 1. The van der Waals surface area contributed by atoms with Crippen molar-refractivity contribution in [3.05, 3.63) is 66.7 Å². The lowest BCUT2D eigenvalue weighted by atomic mass is 10.2. The third kappa shape index (κ3) is 4.67. The highest BCUT2D eigenvalue weighted by atomic mass is 16.5. The molecule has 3 N–H and O–H groups in total. The van der Waals surface area contributed by atoms with E-state index in [9.17, 15) is 0 Å². The minimum absolute atomic E-state index is 0.420. The normalized spacial score (nSPS) is 14.2. The maximum atomic E-state index is 6.10. The van der Waals surface area contributed by atoms with E-state index in [2.05, 4.69) is 44.3 Å². The van der Waals surface area contributed by atoms with Gasteiger partial charge in [-0.3, -0.25) is 0 Å². The van der Waals surface area contributed by atoms with Gasteiger partial charge in [0.15, 0.2) is 0 Å². The molecule has 0 radical (unpaired) electrons. The molecular weight excluding hydrogens is 428 g/mol. The molecule has 0 aliphatic carbocycles. The number of aromatic nitrogens is 2. The highest BCUT2D eigenvalue weighted by Gasteiger charge is 2.17. The number of benzene rings is 3. The zero-order chi connectivity index (χ0) is 23.5. The molecular formula is C26H28N6O2. The molecule has 3 aromatic carbocycles. The summed E-state index contributed by atoms with van der Waals surface area (Å²) >= 11 is 0. The van der Waals surface area contributed by atoms with Gasteiger partial charge in [-0.2, -0.15) is 4.98 Å². The van der Waals surface area contributed by atoms with E-state index < -0.39 is 0 Å². The Balaban J connectivity index is 1.45. The summed E-state index contributed by atoms with van der Waals surface area (Å²) in [4.78, 5) is 14.1. The molecule has 8 heteroatoms. The highest BCUT2D eigenvalue weighted by molar-refractivity contribution is 5.85. The van der Waals surface area contributed by atoms with Gasteiger partial charge in [-0.05, 0) is 43.4 Å². The molecule has 4 aromatic rings. The largest absolute Gasteiger partial charge is 0.494 e.